The standard InChI is InChI=1S/C29H41N3O5S/c1-22-10-8-11-24(20-22)21-31(23(2)29(34)30-25-12-6-5-7-13-25)28(33)14-9-19-32(38(4,35)36)26-15-17-27(37-3)18-16-26/h8,10-11,15-18,20,23,25H,5-7,9,12-14,19,21H2,1-4H3,(H,30,34)/t23-/m0/s1. The number of nitrogens with zero attached hydrogens (tertiary/aromatic N) is 2. The van der Waals surface area contributed by atoms with Gasteiger partial charge in [-0.15, -0.1) is 0 Å². The van der Waals surface area contributed by atoms with Gasteiger partial charge >= 0.3 is 0 Å². The van der Waals surface area contributed by atoms with Gasteiger partial charge in [0, 0.05) is 25.6 Å². The molecule has 38 heavy (non-hydrogen) atoms. The van der Waals surface area contributed by atoms with Crippen molar-refractivity contribution in [3.8, 4) is 5.75 Å². The van der Waals surface area contributed by atoms with Crippen LogP contribution in [-0.4, -0.2) is 57.1 Å². The zero-order chi connectivity index (χ0) is 27.7. The summed E-state index contributed by atoms with van der Waals surface area (Å²) in [5, 5.41) is 3.15. The van der Waals surface area contributed by atoms with Crippen molar-refractivity contribution >= 4 is 27.5 Å². The Balaban J connectivity index is 1.71. The number of rotatable bonds is 12. The molecule has 3 rings (SSSR count). The SMILES string of the molecule is COc1ccc(N(CCCC(=O)N(Cc2cccc(C)c2)[C@@H](C)C(=O)NC2CCCCC2)S(C)(=O)=O)cc1. The number of methoxy groups -OCH3 is 1. The summed E-state index contributed by atoms with van der Waals surface area (Å²) < 4.78 is 31.5. The fraction of sp³-hybridized carbons (Fsp3) is 0.517. The first kappa shape index (κ1) is 29.5. The van der Waals surface area contributed by atoms with E-state index < -0.39 is 16.1 Å². The highest BCUT2D eigenvalue weighted by molar-refractivity contribution is 7.92. The topological polar surface area (TPSA) is 96.0 Å². The lowest BCUT2D eigenvalue weighted by Crippen LogP contribution is -2.50. The summed E-state index contributed by atoms with van der Waals surface area (Å²) in [7, 11) is -2.00. The van der Waals surface area contributed by atoms with E-state index in [1.807, 2.05) is 31.2 Å². The molecule has 1 fully saturated rings. The van der Waals surface area contributed by atoms with E-state index in [-0.39, 0.29) is 30.8 Å². The molecule has 0 unspecified atom stereocenters. The molecule has 0 spiro atoms. The normalized spacial score (nSPS) is 14.9. The highest BCUT2D eigenvalue weighted by Crippen LogP contribution is 2.23. The predicted octanol–water partition coefficient (Wildman–Crippen LogP) is 4.42. The number of benzene rings is 2. The van der Waals surface area contributed by atoms with Gasteiger partial charge in [0.05, 0.1) is 19.1 Å². The Hall–Kier alpha value is -3.07. The first-order valence-corrected chi connectivity index (χ1v) is 15.2. The van der Waals surface area contributed by atoms with Gasteiger partial charge in [0.15, 0.2) is 0 Å². The molecule has 0 bridgehead atoms. The van der Waals surface area contributed by atoms with Gasteiger partial charge in [0.25, 0.3) is 0 Å². The minimum absolute atomic E-state index is 0.120. The fourth-order valence-corrected chi connectivity index (χ4v) is 5.88. The smallest absolute Gasteiger partial charge is 0.242 e. The molecule has 0 radical (unpaired) electrons. The second kappa shape index (κ2) is 13.6. The van der Waals surface area contributed by atoms with Crippen molar-refractivity contribution in [2.45, 2.75) is 77.4 Å². The zero-order valence-electron chi connectivity index (χ0n) is 23.0. The molecule has 2 aromatic rings. The van der Waals surface area contributed by atoms with Crippen LogP contribution in [0, 0.1) is 6.92 Å². The maximum Gasteiger partial charge on any atom is 0.242 e. The number of aryl methyl sites for hydroxylation is 1. The number of hydrogen-bond donors (Lipinski definition) is 1. The molecule has 9 heteroatoms. The van der Waals surface area contributed by atoms with E-state index in [0.717, 1.165) is 43.1 Å². The molecule has 1 saturated carbocycles. The summed E-state index contributed by atoms with van der Waals surface area (Å²) in [5.74, 6) is 0.305. The lowest BCUT2D eigenvalue weighted by atomic mass is 9.95. The van der Waals surface area contributed by atoms with E-state index in [1.54, 1.807) is 43.2 Å². The second-order valence-corrected chi connectivity index (χ2v) is 12.1. The van der Waals surface area contributed by atoms with Gasteiger partial charge in [-0.1, -0.05) is 49.1 Å². The van der Waals surface area contributed by atoms with E-state index in [2.05, 4.69) is 5.32 Å². The summed E-state index contributed by atoms with van der Waals surface area (Å²) in [6, 6.07) is 14.2. The first-order valence-electron chi connectivity index (χ1n) is 13.4. The van der Waals surface area contributed by atoms with Crippen LogP contribution in [0.1, 0.15) is 63.0 Å². The number of hydrogen-bond acceptors (Lipinski definition) is 5. The van der Waals surface area contributed by atoms with Crippen LogP contribution >= 0.6 is 0 Å². The summed E-state index contributed by atoms with van der Waals surface area (Å²) in [6.45, 7) is 4.23. The van der Waals surface area contributed by atoms with Gasteiger partial charge in [0.1, 0.15) is 11.8 Å². The van der Waals surface area contributed by atoms with Crippen LogP contribution in [0.15, 0.2) is 48.5 Å². The Bertz CT molecular complexity index is 1180. The first-order chi connectivity index (χ1) is 18.1. The molecule has 1 aliphatic carbocycles. The van der Waals surface area contributed by atoms with Crippen LogP contribution in [0.3, 0.4) is 0 Å². The average Bonchev–Trinajstić information content (AvgIpc) is 2.89. The Morgan fingerprint density at radius 3 is 2.37 bits per heavy atom. The van der Waals surface area contributed by atoms with E-state index >= 15 is 0 Å². The molecular formula is C29H41N3O5S. The summed E-state index contributed by atoms with van der Waals surface area (Å²) in [4.78, 5) is 28.3. The minimum Gasteiger partial charge on any atom is -0.497 e. The molecule has 0 aromatic heterocycles. The Labute approximate surface area is 227 Å². The number of anilines is 1. The van der Waals surface area contributed by atoms with E-state index in [4.69, 9.17) is 4.74 Å². The minimum atomic E-state index is -3.55. The van der Waals surface area contributed by atoms with Crippen LogP contribution in [0.2, 0.25) is 0 Å². The number of carbonyl (C=O) groups is 2. The Kier molecular flexibility index (Phi) is 10.6. The molecule has 1 atom stereocenters. The van der Waals surface area contributed by atoms with E-state index in [9.17, 15) is 18.0 Å². The molecule has 208 valence electrons. The number of nitrogens with one attached hydrogen (secondary N) is 1. The van der Waals surface area contributed by atoms with Crippen molar-refractivity contribution in [2.24, 2.45) is 0 Å². The van der Waals surface area contributed by atoms with E-state index in [1.165, 1.54) is 10.7 Å². The maximum atomic E-state index is 13.5. The second-order valence-electron chi connectivity index (χ2n) is 10.2. The summed E-state index contributed by atoms with van der Waals surface area (Å²) >= 11 is 0. The highest BCUT2D eigenvalue weighted by atomic mass is 32.2. The van der Waals surface area contributed by atoms with Gasteiger partial charge in [-0.3, -0.25) is 13.9 Å². The Morgan fingerprint density at radius 2 is 1.76 bits per heavy atom. The lowest BCUT2D eigenvalue weighted by molar-refractivity contribution is -0.141. The largest absolute Gasteiger partial charge is 0.497 e. The van der Waals surface area contributed by atoms with E-state index in [0.29, 0.717) is 24.4 Å². The average molecular weight is 544 g/mol. The molecule has 2 amide bonds. The van der Waals surface area contributed by atoms with Gasteiger partial charge < -0.3 is 15.0 Å². The van der Waals surface area contributed by atoms with Crippen LogP contribution in [0.5, 0.6) is 5.75 Å². The van der Waals surface area contributed by atoms with Crippen molar-refractivity contribution in [3.05, 3.63) is 59.7 Å². The number of carbonyl (C=O) groups excluding carboxylic acids is 2. The number of ether oxygens (including phenoxy) is 1. The molecule has 0 aliphatic heterocycles. The molecule has 2 aromatic carbocycles. The maximum absolute atomic E-state index is 13.5. The third-order valence-electron chi connectivity index (χ3n) is 7.07. The highest BCUT2D eigenvalue weighted by Gasteiger charge is 2.28. The van der Waals surface area contributed by atoms with Crippen LogP contribution in [0.4, 0.5) is 5.69 Å². The molecule has 8 nitrogen and oxygen atoms in total. The van der Waals surface area contributed by atoms with Gasteiger partial charge in [-0.25, -0.2) is 8.42 Å². The van der Waals surface area contributed by atoms with Crippen LogP contribution in [-0.2, 0) is 26.2 Å². The summed E-state index contributed by atoms with van der Waals surface area (Å²) in [6.07, 6.45) is 6.94. The third kappa shape index (κ3) is 8.48. The van der Waals surface area contributed by atoms with Gasteiger partial charge in [0.2, 0.25) is 21.8 Å². The molecule has 1 aliphatic rings. The number of amides is 2. The van der Waals surface area contributed by atoms with Gasteiger partial charge in [-0.2, -0.15) is 0 Å². The van der Waals surface area contributed by atoms with Crippen molar-refractivity contribution in [1.82, 2.24) is 10.2 Å². The zero-order valence-corrected chi connectivity index (χ0v) is 23.8. The molecule has 1 N–H and O–H groups in total. The van der Waals surface area contributed by atoms with Crippen molar-refractivity contribution in [2.75, 3.05) is 24.2 Å². The summed E-state index contributed by atoms with van der Waals surface area (Å²) in [5.41, 5.74) is 2.54. The van der Waals surface area contributed by atoms with Gasteiger partial charge in [-0.05, 0) is 62.9 Å². The molecule has 0 saturated heterocycles. The third-order valence-corrected chi connectivity index (χ3v) is 8.26. The predicted molar refractivity (Wildman–Crippen MR) is 151 cm³/mol. The van der Waals surface area contributed by atoms with Crippen molar-refractivity contribution in [3.63, 3.8) is 0 Å². The quantitative estimate of drug-likeness (QED) is 0.428. The lowest BCUT2D eigenvalue weighted by Gasteiger charge is -2.31. The number of sulfonamides is 1. The monoisotopic (exact) mass is 543 g/mol. The van der Waals surface area contributed by atoms with Crippen molar-refractivity contribution < 1.29 is 22.7 Å². The Morgan fingerprint density at radius 1 is 1.08 bits per heavy atom. The van der Waals surface area contributed by atoms with Crippen LogP contribution in [0.25, 0.3) is 0 Å². The van der Waals surface area contributed by atoms with Crippen LogP contribution < -0.4 is 14.4 Å². The molecular weight excluding hydrogens is 502 g/mol. The fourth-order valence-electron chi connectivity index (χ4n) is 4.91. The molecule has 0 heterocycles. The van der Waals surface area contributed by atoms with Crippen molar-refractivity contribution in [1.29, 1.82) is 0 Å².